The lowest BCUT2D eigenvalue weighted by Crippen LogP contribution is -2.57. The van der Waals surface area contributed by atoms with Crippen molar-refractivity contribution in [3.8, 4) is 0 Å². The molecule has 4 fully saturated rings. The highest BCUT2D eigenvalue weighted by Crippen LogP contribution is 2.54. The molecule has 13 heteroatoms. The molecule has 0 aromatic carbocycles. The number of hydrogen-bond donors (Lipinski definition) is 5. The molecule has 0 bridgehead atoms. The van der Waals surface area contributed by atoms with Gasteiger partial charge in [-0.3, -0.25) is 33.5 Å². The molecule has 5 amide bonds. The molecule has 1 saturated heterocycles. The first-order valence-electron chi connectivity index (χ1n) is 19.3. The summed E-state index contributed by atoms with van der Waals surface area (Å²) in [5, 5.41) is 10.4. The summed E-state index contributed by atoms with van der Waals surface area (Å²) >= 11 is 1.34. The third kappa shape index (κ3) is 16.7. The second-order valence-corrected chi connectivity index (χ2v) is 16.4. The average Bonchev–Trinajstić information content (AvgIpc) is 3.88. The van der Waals surface area contributed by atoms with Crippen LogP contribution in [-0.2, 0) is 28.8 Å². The smallest absolute Gasteiger partial charge is 0.289 e. The number of carbonyl (C=O) groups is 6. The van der Waals surface area contributed by atoms with Crippen LogP contribution in [-0.4, -0.2) is 90.8 Å². The van der Waals surface area contributed by atoms with Crippen molar-refractivity contribution in [2.75, 3.05) is 25.9 Å². The highest BCUT2D eigenvalue weighted by molar-refractivity contribution is 7.96. The number of likely N-dealkylation sites (tertiary alicyclic amines) is 1. The van der Waals surface area contributed by atoms with E-state index >= 15 is 0 Å². The van der Waals surface area contributed by atoms with Crippen LogP contribution in [0.2, 0.25) is 0 Å². The standard InChI is InChI=1S/C19H34N4O3S.C10H16N2O3.C6H12.C3H8/c1-12-13-7-8-19(13,5)11-23(12)17(26)16(18(2,3)4)22-15(25)9-20-14(24)10-21-27-6;1-2-3-8(11-6-13)9(14)10(15)12-7-4-5-7;1-2-4-6-5-3-1;1-3-2/h12-13,16,21H,7-11H2,1-6H3,(H,20,24)(H,22,25);6-8H,2-5H2,1H3,(H,11,13)(H,12,15);1-6H2;3H2,1-2H3/t12?,13-,16?,19?;;;/m1.../s1. The summed E-state index contributed by atoms with van der Waals surface area (Å²) in [4.78, 5) is 72.4. The second-order valence-electron chi connectivity index (χ2n) is 15.7. The van der Waals surface area contributed by atoms with Crippen LogP contribution in [0.25, 0.3) is 0 Å². The topological polar surface area (TPSA) is 166 Å². The first-order valence-corrected chi connectivity index (χ1v) is 20.5. The maximum atomic E-state index is 13.3. The zero-order valence-electron chi connectivity index (χ0n) is 33.1. The maximum Gasteiger partial charge on any atom is 0.289 e. The Hall–Kier alpha value is -2.67. The molecule has 4 rings (SSSR count). The molecule has 1 aliphatic heterocycles. The van der Waals surface area contributed by atoms with Gasteiger partial charge in [0.15, 0.2) is 0 Å². The Morgan fingerprint density at radius 3 is 1.88 bits per heavy atom. The molecule has 51 heavy (non-hydrogen) atoms. The zero-order chi connectivity index (χ0) is 38.6. The van der Waals surface area contributed by atoms with E-state index < -0.39 is 29.2 Å². The van der Waals surface area contributed by atoms with Gasteiger partial charge in [0.1, 0.15) is 6.04 Å². The minimum absolute atomic E-state index is 0.0191. The van der Waals surface area contributed by atoms with Crippen molar-refractivity contribution in [2.24, 2.45) is 16.7 Å². The number of amides is 5. The fraction of sp³-hybridized carbons (Fsp3) is 0.842. The Kier molecular flexibility index (Phi) is 21.6. The van der Waals surface area contributed by atoms with Crippen molar-refractivity contribution in [3.05, 3.63) is 0 Å². The molecule has 12 nitrogen and oxygen atoms in total. The summed E-state index contributed by atoms with van der Waals surface area (Å²) < 4.78 is 2.83. The van der Waals surface area contributed by atoms with Gasteiger partial charge in [-0.1, -0.05) is 112 Å². The van der Waals surface area contributed by atoms with Crippen molar-refractivity contribution in [1.29, 1.82) is 0 Å². The van der Waals surface area contributed by atoms with E-state index in [1.165, 1.54) is 63.3 Å². The first kappa shape index (κ1) is 46.4. The van der Waals surface area contributed by atoms with Gasteiger partial charge in [-0.25, -0.2) is 0 Å². The molecular weight excluding hydrogens is 669 g/mol. The van der Waals surface area contributed by atoms with E-state index in [-0.39, 0.29) is 48.3 Å². The summed E-state index contributed by atoms with van der Waals surface area (Å²) in [6.45, 7) is 17.1. The number of hydrogen-bond acceptors (Lipinski definition) is 8. The molecule has 0 spiro atoms. The van der Waals surface area contributed by atoms with E-state index in [9.17, 15) is 28.8 Å². The quantitative estimate of drug-likeness (QED) is 0.0976. The zero-order valence-corrected chi connectivity index (χ0v) is 33.9. The van der Waals surface area contributed by atoms with Crippen molar-refractivity contribution in [1.82, 2.24) is 30.9 Å². The number of nitrogens with zero attached hydrogens (tertiary/aromatic N) is 1. The molecule has 0 aromatic heterocycles. The predicted molar refractivity (Wildman–Crippen MR) is 206 cm³/mol. The number of carbonyl (C=O) groups excluding carboxylic acids is 6. The van der Waals surface area contributed by atoms with Crippen LogP contribution >= 0.6 is 11.9 Å². The van der Waals surface area contributed by atoms with Gasteiger partial charge in [0.25, 0.3) is 5.91 Å². The van der Waals surface area contributed by atoms with Crippen LogP contribution < -0.4 is 26.0 Å². The Balaban J connectivity index is 0.000000448. The fourth-order valence-electron chi connectivity index (χ4n) is 6.62. The van der Waals surface area contributed by atoms with Gasteiger partial charge < -0.3 is 26.2 Å². The molecule has 294 valence electrons. The van der Waals surface area contributed by atoms with E-state index in [0.29, 0.717) is 18.7 Å². The Labute approximate surface area is 312 Å². The van der Waals surface area contributed by atoms with Gasteiger partial charge in [-0.2, -0.15) is 0 Å². The molecule has 3 saturated carbocycles. The lowest BCUT2D eigenvalue weighted by molar-refractivity contribution is -0.140. The number of Topliss-reactive ketones (excluding diaryl/α,β-unsaturated/α-hetero) is 1. The van der Waals surface area contributed by atoms with Gasteiger partial charge >= 0.3 is 0 Å². The van der Waals surface area contributed by atoms with E-state index in [0.717, 1.165) is 32.2 Å². The molecule has 5 N–H and O–H groups in total. The van der Waals surface area contributed by atoms with Gasteiger partial charge in [-0.15, -0.1) is 0 Å². The maximum absolute atomic E-state index is 13.3. The number of fused-ring (bicyclic) bond motifs is 1. The summed E-state index contributed by atoms with van der Waals surface area (Å²) in [5.41, 5.74) is -0.195. The van der Waals surface area contributed by atoms with Crippen LogP contribution in [0.15, 0.2) is 0 Å². The lowest BCUT2D eigenvalue weighted by atomic mass is 9.62. The molecule has 1 heterocycles. The summed E-state index contributed by atoms with van der Waals surface area (Å²) in [5.74, 6) is -1.19. The van der Waals surface area contributed by atoms with Crippen LogP contribution in [0.5, 0.6) is 0 Å². The van der Waals surface area contributed by atoms with E-state index in [4.69, 9.17) is 0 Å². The Morgan fingerprint density at radius 1 is 0.922 bits per heavy atom. The van der Waals surface area contributed by atoms with Crippen molar-refractivity contribution >= 4 is 47.8 Å². The minimum Gasteiger partial charge on any atom is -0.348 e. The van der Waals surface area contributed by atoms with Crippen LogP contribution in [0.4, 0.5) is 0 Å². The van der Waals surface area contributed by atoms with Gasteiger partial charge in [-0.05, 0) is 62.0 Å². The summed E-state index contributed by atoms with van der Waals surface area (Å²) in [6, 6.07) is -0.920. The Morgan fingerprint density at radius 2 is 1.49 bits per heavy atom. The van der Waals surface area contributed by atoms with E-state index in [1.807, 2.05) is 38.9 Å². The second kappa shape index (κ2) is 23.8. The molecular formula is C38H70N6O6S. The van der Waals surface area contributed by atoms with Crippen molar-refractivity contribution < 1.29 is 28.8 Å². The number of ketones is 1. The molecule has 5 atom stereocenters. The van der Waals surface area contributed by atoms with E-state index in [2.05, 4.69) is 53.7 Å². The average molecular weight is 739 g/mol. The largest absolute Gasteiger partial charge is 0.348 e. The van der Waals surface area contributed by atoms with Gasteiger partial charge in [0.05, 0.1) is 19.1 Å². The first-order chi connectivity index (χ1) is 24.1. The predicted octanol–water partition coefficient (Wildman–Crippen LogP) is 4.65. The lowest BCUT2D eigenvalue weighted by Gasteiger charge is -2.42. The van der Waals surface area contributed by atoms with Gasteiger partial charge in [0.2, 0.25) is 29.9 Å². The van der Waals surface area contributed by atoms with Crippen molar-refractivity contribution in [3.63, 3.8) is 0 Å². The van der Waals surface area contributed by atoms with Crippen LogP contribution in [0, 0.1) is 16.7 Å². The minimum atomic E-state index is -0.675. The van der Waals surface area contributed by atoms with E-state index in [1.54, 1.807) is 0 Å². The molecule has 4 unspecified atom stereocenters. The molecule has 0 radical (unpaired) electrons. The van der Waals surface area contributed by atoms with Crippen LogP contribution in [0.3, 0.4) is 0 Å². The SMILES string of the molecule is C1CCCCC1.CCC.CCCC(NC=O)C(=O)C(=O)NC1CC1.CSNCC(=O)NCC(=O)NC(C(=O)N1CC2(C)CC[C@@H]2C1C)C(C)(C)C. The normalized spacial score (nSPS) is 23.0. The monoisotopic (exact) mass is 739 g/mol. The third-order valence-corrected chi connectivity index (χ3v) is 10.3. The van der Waals surface area contributed by atoms with Crippen molar-refractivity contribution in [2.45, 2.75) is 163 Å². The molecule has 3 aliphatic carbocycles. The highest BCUT2D eigenvalue weighted by atomic mass is 32.2. The number of nitrogens with one attached hydrogen (secondary N) is 5. The summed E-state index contributed by atoms with van der Waals surface area (Å²) in [7, 11) is 0. The number of rotatable bonds is 14. The highest BCUT2D eigenvalue weighted by Gasteiger charge is 2.56. The van der Waals surface area contributed by atoms with Gasteiger partial charge in [0, 0.05) is 18.6 Å². The molecule has 0 aromatic rings. The fourth-order valence-corrected chi connectivity index (χ4v) is 6.90. The molecule has 4 aliphatic rings. The third-order valence-electron chi connectivity index (χ3n) is 9.85. The van der Waals surface area contributed by atoms with Crippen LogP contribution in [0.1, 0.15) is 139 Å². The summed E-state index contributed by atoms with van der Waals surface area (Å²) in [6.07, 6.45) is 18.0. The Bertz CT molecular complexity index is 1100.